The number of aromatic nitrogens is 1. The summed E-state index contributed by atoms with van der Waals surface area (Å²) in [5.41, 5.74) is 0.234. The van der Waals surface area contributed by atoms with E-state index in [4.69, 9.17) is 17.4 Å². The molecule has 0 bridgehead atoms. The summed E-state index contributed by atoms with van der Waals surface area (Å²) in [5, 5.41) is 0.297. The molecular weight excluding hydrogens is 168 g/mol. The number of ether oxygens (including phenoxy) is 1. The summed E-state index contributed by atoms with van der Waals surface area (Å²) in [6, 6.07) is 3.02. The number of carbonyl (C=O) groups is 1. The molecular formula is C6H7ClN2O2. The van der Waals surface area contributed by atoms with Crippen molar-refractivity contribution in [1.29, 1.82) is 0 Å². The number of nitrogen functional groups attached to an aromatic ring is 1. The summed E-state index contributed by atoms with van der Waals surface area (Å²) in [4.78, 5) is 10.9. The summed E-state index contributed by atoms with van der Waals surface area (Å²) in [7, 11) is 1.28. The van der Waals surface area contributed by atoms with Crippen molar-refractivity contribution in [2.75, 3.05) is 13.0 Å². The number of carbonyl (C=O) groups excluding carboxylic acids is 1. The van der Waals surface area contributed by atoms with Crippen molar-refractivity contribution in [3.63, 3.8) is 0 Å². The zero-order valence-corrected chi connectivity index (χ0v) is 6.63. The molecule has 5 heteroatoms. The van der Waals surface area contributed by atoms with Crippen LogP contribution in [0.5, 0.6) is 0 Å². The lowest BCUT2D eigenvalue weighted by atomic mass is 10.4. The quantitative estimate of drug-likeness (QED) is 0.502. The van der Waals surface area contributed by atoms with Crippen molar-refractivity contribution in [2.45, 2.75) is 0 Å². The number of methoxy groups -OCH3 is 1. The number of rotatable bonds is 1. The predicted molar refractivity (Wildman–Crippen MR) is 40.9 cm³/mol. The van der Waals surface area contributed by atoms with Crippen LogP contribution in [0.3, 0.4) is 0 Å². The smallest absolute Gasteiger partial charge is 0.356 e. The number of esters is 1. The Morgan fingerprint density at radius 2 is 2.36 bits per heavy atom. The first-order chi connectivity index (χ1) is 5.16. The minimum Gasteiger partial charge on any atom is -0.464 e. The molecule has 0 saturated carbocycles. The fourth-order valence-electron chi connectivity index (χ4n) is 0.694. The van der Waals surface area contributed by atoms with Gasteiger partial charge < -0.3 is 10.6 Å². The molecule has 0 aliphatic heterocycles. The molecule has 1 aromatic rings. The molecule has 0 aliphatic rings. The molecule has 4 nitrogen and oxygen atoms in total. The zero-order chi connectivity index (χ0) is 8.43. The van der Waals surface area contributed by atoms with Crippen LogP contribution in [0.1, 0.15) is 10.5 Å². The normalized spacial score (nSPS) is 9.64. The molecule has 0 unspecified atom stereocenters. The van der Waals surface area contributed by atoms with E-state index in [1.807, 2.05) is 0 Å². The Balaban J connectivity index is 3.04. The summed E-state index contributed by atoms with van der Waals surface area (Å²) in [6.45, 7) is 0. The average Bonchev–Trinajstić information content (AvgIpc) is 2.32. The lowest BCUT2D eigenvalue weighted by Gasteiger charge is -2.00. The maximum atomic E-state index is 10.9. The van der Waals surface area contributed by atoms with Gasteiger partial charge >= 0.3 is 5.97 Å². The number of halogens is 1. The molecule has 1 heterocycles. The first kappa shape index (κ1) is 7.94. The maximum Gasteiger partial charge on any atom is 0.356 e. The third-order valence-corrected chi connectivity index (χ3v) is 1.57. The number of hydrogen-bond donors (Lipinski definition) is 1. The molecule has 11 heavy (non-hydrogen) atoms. The highest BCUT2D eigenvalue weighted by atomic mass is 35.5. The van der Waals surface area contributed by atoms with Gasteiger partial charge in [0, 0.05) is 0 Å². The molecule has 0 aliphatic carbocycles. The van der Waals surface area contributed by atoms with E-state index in [2.05, 4.69) is 4.74 Å². The van der Waals surface area contributed by atoms with E-state index in [1.54, 1.807) is 0 Å². The monoisotopic (exact) mass is 174 g/mol. The molecule has 60 valence electrons. The molecule has 0 spiro atoms. The Morgan fingerprint density at radius 1 is 1.73 bits per heavy atom. The fourth-order valence-corrected chi connectivity index (χ4v) is 0.848. The van der Waals surface area contributed by atoms with Crippen molar-refractivity contribution in [1.82, 2.24) is 4.68 Å². The second kappa shape index (κ2) is 2.84. The van der Waals surface area contributed by atoms with Gasteiger partial charge in [0.2, 0.25) is 0 Å². The second-order valence-electron chi connectivity index (χ2n) is 1.90. The summed E-state index contributed by atoms with van der Waals surface area (Å²) < 4.78 is 5.49. The van der Waals surface area contributed by atoms with Gasteiger partial charge in [-0.3, -0.25) is 0 Å². The lowest BCUT2D eigenvalue weighted by Crippen LogP contribution is -2.16. The van der Waals surface area contributed by atoms with Crippen molar-refractivity contribution >= 4 is 17.6 Å². The van der Waals surface area contributed by atoms with Gasteiger partial charge in [-0.15, -0.1) is 0 Å². The van der Waals surface area contributed by atoms with Crippen molar-refractivity contribution in [3.05, 3.63) is 23.0 Å². The third kappa shape index (κ3) is 1.30. The van der Waals surface area contributed by atoms with E-state index in [1.165, 1.54) is 19.2 Å². The van der Waals surface area contributed by atoms with E-state index >= 15 is 0 Å². The van der Waals surface area contributed by atoms with E-state index in [0.717, 1.165) is 4.68 Å². The second-order valence-corrected chi connectivity index (χ2v) is 2.29. The third-order valence-electron chi connectivity index (χ3n) is 1.26. The average molecular weight is 175 g/mol. The van der Waals surface area contributed by atoms with Crippen LogP contribution in [0, 0.1) is 0 Å². The molecule has 0 atom stereocenters. The molecule has 1 aromatic heterocycles. The standard InChI is InChI=1S/C6H7ClN2O2/c1-11-6(10)4-2-3-5(7)9(4)8/h2-3H,8H2,1H3. The van der Waals surface area contributed by atoms with Crippen molar-refractivity contribution < 1.29 is 9.53 Å². The topological polar surface area (TPSA) is 57.2 Å². The van der Waals surface area contributed by atoms with Crippen LogP contribution in [0.2, 0.25) is 5.15 Å². The Labute approximate surface area is 68.5 Å². The number of nitrogens with zero attached hydrogens (tertiary/aromatic N) is 1. The van der Waals surface area contributed by atoms with Gasteiger partial charge in [-0.25, -0.2) is 9.47 Å². The summed E-state index contributed by atoms with van der Waals surface area (Å²) in [6.07, 6.45) is 0. The molecule has 0 fully saturated rings. The van der Waals surface area contributed by atoms with Gasteiger partial charge in [-0.05, 0) is 12.1 Å². The van der Waals surface area contributed by atoms with Crippen LogP contribution in [0.4, 0.5) is 0 Å². The van der Waals surface area contributed by atoms with Gasteiger partial charge in [0.05, 0.1) is 7.11 Å². The first-order valence-electron chi connectivity index (χ1n) is 2.87. The predicted octanol–water partition coefficient (Wildman–Crippen LogP) is 0.642. The zero-order valence-electron chi connectivity index (χ0n) is 5.87. The molecule has 2 N–H and O–H groups in total. The van der Waals surface area contributed by atoms with Crippen LogP contribution in [0.15, 0.2) is 12.1 Å². The first-order valence-corrected chi connectivity index (χ1v) is 3.25. The Kier molecular flexibility index (Phi) is 2.05. The number of hydrogen-bond acceptors (Lipinski definition) is 3. The molecule has 0 radical (unpaired) electrons. The highest BCUT2D eigenvalue weighted by Crippen LogP contribution is 2.11. The van der Waals surface area contributed by atoms with E-state index in [0.29, 0.717) is 5.15 Å². The van der Waals surface area contributed by atoms with Crippen LogP contribution in [-0.4, -0.2) is 17.8 Å². The molecule has 1 rings (SSSR count). The molecule has 0 amide bonds. The Bertz CT molecular complexity index is 282. The van der Waals surface area contributed by atoms with E-state index in [-0.39, 0.29) is 5.69 Å². The minimum atomic E-state index is -0.501. The summed E-state index contributed by atoms with van der Waals surface area (Å²) in [5.74, 6) is 4.86. The van der Waals surface area contributed by atoms with Crippen molar-refractivity contribution in [3.8, 4) is 0 Å². The lowest BCUT2D eigenvalue weighted by molar-refractivity contribution is 0.0591. The van der Waals surface area contributed by atoms with Crippen LogP contribution < -0.4 is 5.84 Å². The van der Waals surface area contributed by atoms with Gasteiger partial charge in [-0.1, -0.05) is 11.6 Å². The maximum absolute atomic E-state index is 10.9. The van der Waals surface area contributed by atoms with Crippen LogP contribution in [-0.2, 0) is 4.74 Å². The Morgan fingerprint density at radius 3 is 2.73 bits per heavy atom. The minimum absolute atomic E-state index is 0.234. The van der Waals surface area contributed by atoms with E-state index < -0.39 is 5.97 Å². The van der Waals surface area contributed by atoms with Gasteiger partial charge in [0.15, 0.2) is 0 Å². The number of nitrogens with two attached hydrogens (primary N) is 1. The molecule has 0 aromatic carbocycles. The van der Waals surface area contributed by atoms with Crippen LogP contribution in [0.25, 0.3) is 0 Å². The van der Waals surface area contributed by atoms with E-state index in [9.17, 15) is 4.79 Å². The van der Waals surface area contributed by atoms with Crippen molar-refractivity contribution in [2.24, 2.45) is 0 Å². The van der Waals surface area contributed by atoms with Gasteiger partial charge in [0.1, 0.15) is 10.8 Å². The van der Waals surface area contributed by atoms with Gasteiger partial charge in [0.25, 0.3) is 0 Å². The highest BCUT2D eigenvalue weighted by Gasteiger charge is 2.11. The largest absolute Gasteiger partial charge is 0.464 e. The molecule has 0 saturated heterocycles. The van der Waals surface area contributed by atoms with Gasteiger partial charge in [-0.2, -0.15) is 0 Å². The van der Waals surface area contributed by atoms with Crippen LogP contribution >= 0.6 is 11.6 Å². The Hall–Kier alpha value is -1.16. The summed E-state index contributed by atoms with van der Waals surface area (Å²) >= 11 is 5.56. The SMILES string of the molecule is COC(=O)c1ccc(Cl)n1N. The highest BCUT2D eigenvalue weighted by molar-refractivity contribution is 6.30. The fraction of sp³-hybridized carbons (Fsp3) is 0.167.